The van der Waals surface area contributed by atoms with Gasteiger partial charge in [0.1, 0.15) is 1.93 Å². The highest BCUT2D eigenvalue weighted by atomic mass is 127. The molecule has 4 aliphatic rings. The standard InChI is InChI=1S/C23H28I2O4/c1-13(26)29-23(19(28)20(24)25)11-8-18-16-5-4-14-12-15(27)6-9-21(14,2)17(16)7-10-22(18,23)3/h6,9,12,16-18,20H,4-5,7-8,10-11H2,1-3H3/t16-,17+,18+,21+,22+,23+/m1/s1. The Kier molecular flexibility index (Phi) is 5.62. The number of carbonyl (C=O) groups excluding carboxylic acids is 3. The van der Waals surface area contributed by atoms with Crippen LogP contribution >= 0.6 is 45.2 Å². The van der Waals surface area contributed by atoms with E-state index in [2.05, 4.69) is 65.1 Å². The van der Waals surface area contributed by atoms with Crippen molar-refractivity contribution >= 4 is 62.7 Å². The first-order chi connectivity index (χ1) is 13.5. The van der Waals surface area contributed by atoms with Gasteiger partial charge in [0.25, 0.3) is 0 Å². The highest BCUT2D eigenvalue weighted by molar-refractivity contribution is 14.2. The molecule has 0 aromatic heterocycles. The van der Waals surface area contributed by atoms with Crippen LogP contribution in [0.15, 0.2) is 23.8 Å². The van der Waals surface area contributed by atoms with Crippen LogP contribution in [0.2, 0.25) is 0 Å². The van der Waals surface area contributed by atoms with Crippen LogP contribution < -0.4 is 0 Å². The summed E-state index contributed by atoms with van der Waals surface area (Å²) in [7, 11) is 0. The number of halogens is 2. The van der Waals surface area contributed by atoms with Crippen LogP contribution in [0, 0.1) is 28.6 Å². The Balaban J connectivity index is 1.72. The molecule has 0 aromatic rings. The number of carbonyl (C=O) groups is 3. The fourth-order valence-electron chi connectivity index (χ4n) is 7.24. The predicted molar refractivity (Wildman–Crippen MR) is 128 cm³/mol. The molecule has 0 heterocycles. The third-order valence-corrected chi connectivity index (χ3v) is 9.72. The van der Waals surface area contributed by atoms with Gasteiger partial charge in [-0.1, -0.05) is 70.7 Å². The van der Waals surface area contributed by atoms with Crippen molar-refractivity contribution in [3.8, 4) is 0 Å². The molecule has 0 saturated heterocycles. The lowest BCUT2D eigenvalue weighted by atomic mass is 9.47. The summed E-state index contributed by atoms with van der Waals surface area (Å²) in [5, 5.41) is 0. The lowest BCUT2D eigenvalue weighted by molar-refractivity contribution is -0.186. The zero-order valence-electron chi connectivity index (χ0n) is 17.2. The van der Waals surface area contributed by atoms with E-state index >= 15 is 0 Å². The first kappa shape index (κ1) is 22.0. The fourth-order valence-corrected chi connectivity index (χ4v) is 8.25. The molecule has 0 amide bonds. The zero-order chi connectivity index (χ0) is 21.2. The summed E-state index contributed by atoms with van der Waals surface area (Å²) in [6.45, 7) is 5.91. The molecule has 0 N–H and O–H groups in total. The van der Waals surface area contributed by atoms with Crippen molar-refractivity contribution in [3.05, 3.63) is 23.8 Å². The maximum Gasteiger partial charge on any atom is 0.303 e. The van der Waals surface area contributed by atoms with E-state index < -0.39 is 5.60 Å². The Morgan fingerprint density at radius 1 is 1.14 bits per heavy atom. The van der Waals surface area contributed by atoms with Gasteiger partial charge in [0.15, 0.2) is 17.2 Å². The van der Waals surface area contributed by atoms with E-state index in [1.807, 2.05) is 6.08 Å². The normalized spacial score (nSPS) is 43.3. The number of ketones is 2. The number of hydrogen-bond donors (Lipinski definition) is 0. The van der Waals surface area contributed by atoms with E-state index in [-0.39, 0.29) is 30.3 Å². The van der Waals surface area contributed by atoms with Crippen molar-refractivity contribution in [2.75, 3.05) is 0 Å². The van der Waals surface area contributed by atoms with E-state index in [1.54, 1.807) is 6.08 Å². The van der Waals surface area contributed by atoms with Crippen molar-refractivity contribution in [2.45, 2.75) is 66.8 Å². The van der Waals surface area contributed by atoms with E-state index in [1.165, 1.54) is 12.5 Å². The van der Waals surface area contributed by atoms with Gasteiger partial charge in [0.2, 0.25) is 0 Å². The second kappa shape index (κ2) is 7.41. The molecule has 0 aromatic carbocycles. The summed E-state index contributed by atoms with van der Waals surface area (Å²) < 4.78 is 5.73. The number of hydrogen-bond acceptors (Lipinski definition) is 4. The molecule has 4 nitrogen and oxygen atoms in total. The summed E-state index contributed by atoms with van der Waals surface area (Å²) >= 11 is 4.30. The van der Waals surface area contributed by atoms with Crippen LogP contribution in [0.4, 0.5) is 0 Å². The third-order valence-electron chi connectivity index (χ3n) is 8.59. The Bertz CT molecular complexity index is 831. The average Bonchev–Trinajstić information content (AvgIpc) is 2.94. The van der Waals surface area contributed by atoms with Crippen molar-refractivity contribution < 1.29 is 19.1 Å². The molecule has 0 unspecified atom stereocenters. The fraction of sp³-hybridized carbons (Fsp3) is 0.696. The van der Waals surface area contributed by atoms with Gasteiger partial charge in [0.05, 0.1) is 0 Å². The number of esters is 1. The summed E-state index contributed by atoms with van der Waals surface area (Å²) in [5.41, 5.74) is -0.118. The molecule has 0 radical (unpaired) electrons. The second-order valence-corrected chi connectivity index (χ2v) is 14.6. The Morgan fingerprint density at radius 2 is 1.83 bits per heavy atom. The second-order valence-electron chi connectivity index (χ2n) is 9.68. The summed E-state index contributed by atoms with van der Waals surface area (Å²) in [6, 6.07) is 0. The van der Waals surface area contributed by atoms with Gasteiger partial charge in [-0.15, -0.1) is 0 Å². The van der Waals surface area contributed by atoms with Gasteiger partial charge in [-0.25, -0.2) is 0 Å². The van der Waals surface area contributed by atoms with Crippen LogP contribution in [0.3, 0.4) is 0 Å². The predicted octanol–water partition coefficient (Wildman–Crippen LogP) is 5.36. The van der Waals surface area contributed by atoms with E-state index in [4.69, 9.17) is 4.74 Å². The zero-order valence-corrected chi connectivity index (χ0v) is 21.5. The van der Waals surface area contributed by atoms with Gasteiger partial charge < -0.3 is 4.74 Å². The molecular formula is C23H28I2O4. The summed E-state index contributed by atoms with van der Waals surface area (Å²) in [6.07, 6.45) is 11.1. The van der Waals surface area contributed by atoms with Crippen LogP contribution in [-0.4, -0.2) is 25.1 Å². The molecule has 4 aliphatic carbocycles. The minimum Gasteiger partial charge on any atom is -0.451 e. The number of allylic oxidation sites excluding steroid dienone is 4. The molecular weight excluding hydrogens is 594 g/mol. The minimum atomic E-state index is -1.00. The SMILES string of the molecule is CC(=O)O[C@]1(C(=O)C(I)I)CC[C@H]2[C@@H]3CCC4=CC(=O)C=C[C@]4(C)[C@H]3CC[C@@]21C. The van der Waals surface area contributed by atoms with Gasteiger partial charge in [0, 0.05) is 17.8 Å². The molecule has 3 fully saturated rings. The van der Waals surface area contributed by atoms with Crippen molar-refractivity contribution in [2.24, 2.45) is 28.6 Å². The van der Waals surface area contributed by atoms with Gasteiger partial charge >= 0.3 is 5.97 Å². The molecule has 3 saturated carbocycles. The van der Waals surface area contributed by atoms with Crippen LogP contribution in [-0.2, 0) is 19.1 Å². The quantitative estimate of drug-likeness (QED) is 0.242. The molecule has 0 aliphatic heterocycles. The minimum absolute atomic E-state index is 0.0584. The summed E-state index contributed by atoms with van der Waals surface area (Å²) in [4.78, 5) is 37.4. The Hall–Kier alpha value is -0.250. The molecule has 158 valence electrons. The number of Topliss-reactive ketones (excluding diaryl/α,β-unsaturated/α-hetero) is 1. The number of alkyl halides is 2. The summed E-state index contributed by atoms with van der Waals surface area (Å²) in [5.74, 6) is 1.13. The van der Waals surface area contributed by atoms with Gasteiger partial charge in [-0.3, -0.25) is 14.4 Å². The molecule has 0 bridgehead atoms. The van der Waals surface area contributed by atoms with Crippen molar-refractivity contribution in [1.82, 2.24) is 0 Å². The molecule has 4 rings (SSSR count). The maximum absolute atomic E-state index is 13.4. The highest BCUT2D eigenvalue weighted by Crippen LogP contribution is 2.68. The molecule has 29 heavy (non-hydrogen) atoms. The number of fused-ring (bicyclic) bond motifs is 5. The van der Waals surface area contributed by atoms with E-state index in [0.29, 0.717) is 24.2 Å². The van der Waals surface area contributed by atoms with Crippen LogP contribution in [0.5, 0.6) is 0 Å². The first-order valence-corrected chi connectivity index (χ1v) is 13.0. The molecule has 6 atom stereocenters. The van der Waals surface area contributed by atoms with E-state index in [0.717, 1.165) is 32.1 Å². The molecule has 6 heteroatoms. The monoisotopic (exact) mass is 622 g/mol. The smallest absolute Gasteiger partial charge is 0.303 e. The highest BCUT2D eigenvalue weighted by Gasteiger charge is 2.68. The van der Waals surface area contributed by atoms with Crippen LogP contribution in [0.1, 0.15) is 59.3 Å². The Labute approximate surface area is 199 Å². The van der Waals surface area contributed by atoms with Gasteiger partial charge in [-0.2, -0.15) is 0 Å². The largest absolute Gasteiger partial charge is 0.451 e. The molecule has 0 spiro atoms. The number of rotatable bonds is 3. The lowest BCUT2D eigenvalue weighted by Gasteiger charge is -2.58. The van der Waals surface area contributed by atoms with Crippen LogP contribution in [0.25, 0.3) is 0 Å². The topological polar surface area (TPSA) is 60.4 Å². The van der Waals surface area contributed by atoms with Crippen molar-refractivity contribution in [1.29, 1.82) is 0 Å². The van der Waals surface area contributed by atoms with E-state index in [9.17, 15) is 14.4 Å². The first-order valence-electron chi connectivity index (χ1n) is 10.5. The number of ether oxygens (including phenoxy) is 1. The Morgan fingerprint density at radius 3 is 2.48 bits per heavy atom. The lowest BCUT2D eigenvalue weighted by Crippen LogP contribution is -2.59. The van der Waals surface area contributed by atoms with Crippen molar-refractivity contribution in [3.63, 3.8) is 0 Å². The average molecular weight is 622 g/mol. The third kappa shape index (κ3) is 3.12. The van der Waals surface area contributed by atoms with Gasteiger partial charge in [-0.05, 0) is 68.4 Å². The maximum atomic E-state index is 13.4.